The summed E-state index contributed by atoms with van der Waals surface area (Å²) in [6, 6.07) is 1.23. The summed E-state index contributed by atoms with van der Waals surface area (Å²) < 4.78 is 5.20. The van der Waals surface area contributed by atoms with Gasteiger partial charge in [-0.3, -0.25) is 0 Å². The molecule has 1 heterocycles. The quantitative estimate of drug-likeness (QED) is 0.757. The lowest BCUT2D eigenvalue weighted by Gasteiger charge is -2.42. The highest BCUT2D eigenvalue weighted by Crippen LogP contribution is 2.43. The Hall–Kier alpha value is -0.810. The number of amides is 2. The molecule has 0 spiro atoms. The first-order valence-electron chi connectivity index (χ1n) is 8.98. The summed E-state index contributed by atoms with van der Waals surface area (Å²) in [5, 5.41) is 6.28. The minimum absolute atomic E-state index is 0.0218. The SMILES string of the molecule is COCCC1(CNC(=O)NC2CCN(C3CC3)CC2)CCC1. The summed E-state index contributed by atoms with van der Waals surface area (Å²) in [5.74, 6) is 0. The predicted molar refractivity (Wildman–Crippen MR) is 86.9 cm³/mol. The Kier molecular flexibility index (Phi) is 5.24. The van der Waals surface area contributed by atoms with E-state index in [-0.39, 0.29) is 6.03 Å². The van der Waals surface area contributed by atoms with Crippen molar-refractivity contribution in [3.8, 4) is 0 Å². The Morgan fingerprint density at radius 1 is 1.23 bits per heavy atom. The summed E-state index contributed by atoms with van der Waals surface area (Å²) in [4.78, 5) is 14.7. The molecule has 0 aromatic rings. The van der Waals surface area contributed by atoms with Crippen LogP contribution >= 0.6 is 0 Å². The van der Waals surface area contributed by atoms with E-state index in [2.05, 4.69) is 15.5 Å². The lowest BCUT2D eigenvalue weighted by molar-refractivity contribution is 0.0709. The Bertz CT molecular complexity index is 372. The molecule has 3 fully saturated rings. The lowest BCUT2D eigenvalue weighted by atomic mass is 9.67. The Balaban J connectivity index is 1.34. The maximum absolute atomic E-state index is 12.1. The summed E-state index contributed by atoms with van der Waals surface area (Å²) in [6.07, 6.45) is 9.73. The maximum atomic E-state index is 12.1. The second kappa shape index (κ2) is 7.18. The number of hydrogen-bond acceptors (Lipinski definition) is 3. The van der Waals surface area contributed by atoms with E-state index in [1.807, 2.05) is 0 Å². The first kappa shape index (κ1) is 16.1. The van der Waals surface area contributed by atoms with E-state index in [4.69, 9.17) is 4.74 Å². The fraction of sp³-hybridized carbons (Fsp3) is 0.941. The van der Waals surface area contributed by atoms with Gasteiger partial charge in [0.05, 0.1) is 0 Å². The number of likely N-dealkylation sites (tertiary alicyclic amines) is 1. The van der Waals surface area contributed by atoms with Crippen molar-refractivity contribution in [3.63, 3.8) is 0 Å². The van der Waals surface area contributed by atoms with Crippen molar-refractivity contribution >= 4 is 6.03 Å². The van der Waals surface area contributed by atoms with E-state index in [1.54, 1.807) is 7.11 Å². The van der Waals surface area contributed by atoms with E-state index in [0.29, 0.717) is 11.5 Å². The van der Waals surface area contributed by atoms with Crippen LogP contribution in [0, 0.1) is 5.41 Å². The molecule has 2 aliphatic carbocycles. The van der Waals surface area contributed by atoms with Gasteiger partial charge in [0.2, 0.25) is 0 Å². The number of piperidine rings is 1. The summed E-state index contributed by atoms with van der Waals surface area (Å²) in [6.45, 7) is 3.88. The van der Waals surface area contributed by atoms with E-state index in [9.17, 15) is 4.79 Å². The number of urea groups is 1. The van der Waals surface area contributed by atoms with Crippen LogP contribution in [0.5, 0.6) is 0 Å². The van der Waals surface area contributed by atoms with Gasteiger partial charge in [-0.1, -0.05) is 6.42 Å². The molecule has 0 radical (unpaired) electrons. The normalized spacial score (nSPS) is 25.5. The lowest BCUT2D eigenvalue weighted by Crippen LogP contribution is -2.51. The smallest absolute Gasteiger partial charge is 0.315 e. The third kappa shape index (κ3) is 4.13. The number of methoxy groups -OCH3 is 1. The van der Waals surface area contributed by atoms with Crippen molar-refractivity contribution in [2.24, 2.45) is 5.41 Å². The third-order valence-corrected chi connectivity index (χ3v) is 5.80. The average molecular weight is 309 g/mol. The molecule has 2 N–H and O–H groups in total. The van der Waals surface area contributed by atoms with Crippen molar-refractivity contribution in [1.82, 2.24) is 15.5 Å². The molecule has 0 bridgehead atoms. The van der Waals surface area contributed by atoms with Gasteiger partial charge in [-0.2, -0.15) is 0 Å². The topological polar surface area (TPSA) is 53.6 Å². The Labute approximate surface area is 134 Å². The van der Waals surface area contributed by atoms with Crippen molar-refractivity contribution in [2.45, 2.75) is 63.5 Å². The van der Waals surface area contributed by atoms with Crippen LogP contribution in [0.25, 0.3) is 0 Å². The number of nitrogens with zero attached hydrogens (tertiary/aromatic N) is 1. The van der Waals surface area contributed by atoms with Gasteiger partial charge in [0.15, 0.2) is 0 Å². The van der Waals surface area contributed by atoms with E-state index in [1.165, 1.54) is 32.1 Å². The van der Waals surface area contributed by atoms with E-state index in [0.717, 1.165) is 51.5 Å². The van der Waals surface area contributed by atoms with Gasteiger partial charge in [0.1, 0.15) is 0 Å². The van der Waals surface area contributed by atoms with Gasteiger partial charge >= 0.3 is 6.03 Å². The molecule has 0 unspecified atom stereocenters. The molecule has 5 nitrogen and oxygen atoms in total. The summed E-state index contributed by atoms with van der Waals surface area (Å²) >= 11 is 0. The van der Waals surface area contributed by atoms with Crippen LogP contribution in [0.2, 0.25) is 0 Å². The first-order valence-corrected chi connectivity index (χ1v) is 8.98. The van der Waals surface area contributed by atoms with Gasteiger partial charge in [-0.25, -0.2) is 4.79 Å². The molecular weight excluding hydrogens is 278 g/mol. The number of ether oxygens (including phenoxy) is 1. The summed E-state index contributed by atoms with van der Waals surface area (Å²) in [7, 11) is 1.75. The van der Waals surface area contributed by atoms with Crippen LogP contribution in [0.4, 0.5) is 4.79 Å². The maximum Gasteiger partial charge on any atom is 0.315 e. The zero-order valence-electron chi connectivity index (χ0n) is 13.9. The largest absolute Gasteiger partial charge is 0.385 e. The zero-order chi connectivity index (χ0) is 15.4. The first-order chi connectivity index (χ1) is 10.7. The van der Waals surface area contributed by atoms with Gasteiger partial charge in [0, 0.05) is 45.4 Å². The molecule has 2 amide bonds. The monoisotopic (exact) mass is 309 g/mol. The fourth-order valence-corrected chi connectivity index (χ4v) is 3.86. The molecule has 1 saturated heterocycles. The van der Waals surface area contributed by atoms with Gasteiger partial charge < -0.3 is 20.3 Å². The van der Waals surface area contributed by atoms with Gasteiger partial charge in [-0.15, -0.1) is 0 Å². The van der Waals surface area contributed by atoms with Crippen LogP contribution in [0.15, 0.2) is 0 Å². The average Bonchev–Trinajstić information content (AvgIpc) is 3.31. The molecule has 3 aliphatic rings. The molecule has 1 aliphatic heterocycles. The van der Waals surface area contributed by atoms with Crippen LogP contribution < -0.4 is 10.6 Å². The zero-order valence-corrected chi connectivity index (χ0v) is 13.9. The summed E-state index contributed by atoms with van der Waals surface area (Å²) in [5.41, 5.74) is 0.294. The molecule has 126 valence electrons. The second-order valence-corrected chi connectivity index (χ2v) is 7.46. The highest BCUT2D eigenvalue weighted by Gasteiger charge is 2.37. The molecular formula is C17H31N3O2. The standard InChI is InChI=1S/C17H31N3O2/c1-22-12-9-17(7-2-8-17)13-18-16(21)19-14-5-10-20(11-6-14)15-3-4-15/h14-15H,2-13H2,1H3,(H2,18,19,21). The number of carbonyl (C=O) groups excluding carboxylic acids is 1. The highest BCUT2D eigenvalue weighted by atomic mass is 16.5. The minimum atomic E-state index is 0.0218. The molecule has 3 rings (SSSR count). The Morgan fingerprint density at radius 3 is 2.50 bits per heavy atom. The number of carbonyl (C=O) groups is 1. The number of hydrogen-bond donors (Lipinski definition) is 2. The number of rotatable bonds is 7. The van der Waals surface area contributed by atoms with Crippen LogP contribution in [0.3, 0.4) is 0 Å². The second-order valence-electron chi connectivity index (χ2n) is 7.46. The molecule has 5 heteroatoms. The minimum Gasteiger partial charge on any atom is -0.385 e. The molecule has 22 heavy (non-hydrogen) atoms. The molecule has 0 aromatic carbocycles. The Morgan fingerprint density at radius 2 is 1.95 bits per heavy atom. The van der Waals surface area contributed by atoms with Gasteiger partial charge in [0.25, 0.3) is 0 Å². The highest BCUT2D eigenvalue weighted by molar-refractivity contribution is 5.74. The predicted octanol–water partition coefficient (Wildman–Crippen LogP) is 2.12. The van der Waals surface area contributed by atoms with Crippen molar-refractivity contribution < 1.29 is 9.53 Å². The third-order valence-electron chi connectivity index (χ3n) is 5.80. The van der Waals surface area contributed by atoms with Crippen molar-refractivity contribution in [1.29, 1.82) is 0 Å². The van der Waals surface area contributed by atoms with Crippen LogP contribution in [0.1, 0.15) is 51.4 Å². The molecule has 2 saturated carbocycles. The van der Waals surface area contributed by atoms with Crippen LogP contribution in [-0.2, 0) is 4.74 Å². The molecule has 0 aromatic heterocycles. The number of nitrogens with one attached hydrogen (secondary N) is 2. The fourth-order valence-electron chi connectivity index (χ4n) is 3.86. The van der Waals surface area contributed by atoms with E-state index < -0.39 is 0 Å². The van der Waals surface area contributed by atoms with Crippen LogP contribution in [-0.4, -0.2) is 56.4 Å². The van der Waals surface area contributed by atoms with Crippen molar-refractivity contribution in [2.75, 3.05) is 33.4 Å². The van der Waals surface area contributed by atoms with E-state index >= 15 is 0 Å². The van der Waals surface area contributed by atoms with Gasteiger partial charge in [-0.05, 0) is 50.4 Å². The molecule has 0 atom stereocenters. The van der Waals surface area contributed by atoms with Crippen molar-refractivity contribution in [3.05, 3.63) is 0 Å².